The molecule has 1 atom stereocenters. The molecule has 1 aromatic heterocycles. The van der Waals surface area contributed by atoms with E-state index < -0.39 is 6.04 Å². The molecule has 6 nitrogen and oxygen atoms in total. The Kier molecular flexibility index (Phi) is 4.83. The normalized spacial score (nSPS) is 13.1. The van der Waals surface area contributed by atoms with Crippen LogP contribution in [-0.2, 0) is 11.3 Å². The molecular weight excluding hydrogens is 242 g/mol. The van der Waals surface area contributed by atoms with Crippen LogP contribution in [-0.4, -0.2) is 36.0 Å². The van der Waals surface area contributed by atoms with Crippen molar-refractivity contribution in [1.82, 2.24) is 15.3 Å². The van der Waals surface area contributed by atoms with E-state index in [-0.39, 0.29) is 11.3 Å². The number of primary amides is 1. The van der Waals surface area contributed by atoms with Crippen molar-refractivity contribution in [1.29, 1.82) is 0 Å². The van der Waals surface area contributed by atoms with Gasteiger partial charge in [-0.3, -0.25) is 10.1 Å². The molecule has 0 aliphatic rings. The summed E-state index contributed by atoms with van der Waals surface area (Å²) in [5.41, 5.74) is 6.02. The van der Waals surface area contributed by atoms with E-state index in [0.717, 1.165) is 5.69 Å². The molecule has 0 aliphatic heterocycles. The molecule has 1 heterocycles. The van der Waals surface area contributed by atoms with Gasteiger partial charge in [-0.1, -0.05) is 20.8 Å². The number of carbonyl (C=O) groups is 1. The van der Waals surface area contributed by atoms with Crippen molar-refractivity contribution in [2.24, 2.45) is 11.1 Å². The van der Waals surface area contributed by atoms with Crippen LogP contribution in [0.25, 0.3) is 0 Å². The molecule has 0 radical (unpaired) electrons. The summed E-state index contributed by atoms with van der Waals surface area (Å²) in [7, 11) is 3.77. The summed E-state index contributed by atoms with van der Waals surface area (Å²) in [6, 6.07) is 1.42. The summed E-state index contributed by atoms with van der Waals surface area (Å²) in [5, 5.41) is 3.16. The maximum atomic E-state index is 11.5. The minimum atomic E-state index is -0.398. The number of anilines is 1. The average molecular weight is 265 g/mol. The van der Waals surface area contributed by atoms with Gasteiger partial charge in [0.25, 0.3) is 0 Å². The quantitative estimate of drug-likeness (QED) is 0.811. The fraction of sp³-hybridized carbons (Fsp3) is 0.615. The van der Waals surface area contributed by atoms with Gasteiger partial charge in [-0.25, -0.2) is 9.97 Å². The number of nitrogens with two attached hydrogens (primary N) is 1. The second-order valence-electron chi connectivity index (χ2n) is 5.82. The fourth-order valence-corrected chi connectivity index (χ4v) is 1.74. The summed E-state index contributed by atoms with van der Waals surface area (Å²) in [5.74, 6) is 0.292. The van der Waals surface area contributed by atoms with Crippen LogP contribution in [0.4, 0.5) is 5.95 Å². The van der Waals surface area contributed by atoms with E-state index in [1.165, 1.54) is 0 Å². The Morgan fingerprint density at radius 3 is 2.58 bits per heavy atom. The lowest BCUT2D eigenvalue weighted by atomic mass is 9.86. The van der Waals surface area contributed by atoms with Crippen molar-refractivity contribution in [2.45, 2.75) is 33.4 Å². The Labute approximate surface area is 114 Å². The molecule has 0 aliphatic carbocycles. The first-order valence-electron chi connectivity index (χ1n) is 6.23. The smallest absolute Gasteiger partial charge is 0.235 e. The van der Waals surface area contributed by atoms with Gasteiger partial charge in [0.05, 0.1) is 11.7 Å². The summed E-state index contributed by atoms with van der Waals surface area (Å²) >= 11 is 0. The van der Waals surface area contributed by atoms with Gasteiger partial charge in [0.15, 0.2) is 0 Å². The molecular formula is C13H23N5O. The first-order valence-corrected chi connectivity index (χ1v) is 6.23. The highest BCUT2D eigenvalue weighted by molar-refractivity contribution is 5.80. The molecule has 6 heteroatoms. The molecule has 1 aromatic rings. The zero-order valence-corrected chi connectivity index (χ0v) is 12.3. The lowest BCUT2D eigenvalue weighted by Gasteiger charge is -2.28. The Morgan fingerprint density at radius 2 is 2.11 bits per heavy atom. The third-order valence-corrected chi connectivity index (χ3v) is 2.74. The van der Waals surface area contributed by atoms with Crippen LogP contribution in [0.1, 0.15) is 26.5 Å². The number of amides is 1. The summed E-state index contributed by atoms with van der Waals surface area (Å²) in [6.07, 6.45) is 1.70. The summed E-state index contributed by atoms with van der Waals surface area (Å²) in [6.45, 7) is 6.40. The minimum Gasteiger partial charge on any atom is -0.368 e. The molecule has 3 N–H and O–H groups in total. The number of rotatable bonds is 5. The van der Waals surface area contributed by atoms with Crippen molar-refractivity contribution in [2.75, 3.05) is 19.0 Å². The molecule has 0 saturated heterocycles. The molecule has 106 valence electrons. The third-order valence-electron chi connectivity index (χ3n) is 2.74. The summed E-state index contributed by atoms with van der Waals surface area (Å²) in [4.78, 5) is 21.8. The number of hydrogen-bond donors (Lipinski definition) is 2. The van der Waals surface area contributed by atoms with Gasteiger partial charge in [-0.05, 0) is 11.5 Å². The Morgan fingerprint density at radius 1 is 1.47 bits per heavy atom. The second kappa shape index (κ2) is 5.97. The van der Waals surface area contributed by atoms with Gasteiger partial charge >= 0.3 is 0 Å². The highest BCUT2D eigenvalue weighted by Gasteiger charge is 2.29. The molecule has 0 saturated carbocycles. The topological polar surface area (TPSA) is 84.1 Å². The molecule has 0 bridgehead atoms. The number of nitrogens with one attached hydrogen (secondary N) is 1. The van der Waals surface area contributed by atoms with Gasteiger partial charge < -0.3 is 10.6 Å². The highest BCUT2D eigenvalue weighted by atomic mass is 16.1. The Bertz CT molecular complexity index is 439. The van der Waals surface area contributed by atoms with Crippen molar-refractivity contribution in [3.8, 4) is 0 Å². The lowest BCUT2D eigenvalue weighted by molar-refractivity contribution is -0.122. The van der Waals surface area contributed by atoms with E-state index in [1.807, 2.05) is 45.8 Å². The molecule has 19 heavy (non-hydrogen) atoms. The van der Waals surface area contributed by atoms with Crippen LogP contribution in [0.2, 0.25) is 0 Å². The van der Waals surface area contributed by atoms with Crippen molar-refractivity contribution >= 4 is 11.9 Å². The SMILES string of the molecule is CN(C)c1nccc(CNC(C(N)=O)C(C)(C)C)n1. The van der Waals surface area contributed by atoms with Crippen LogP contribution in [0, 0.1) is 5.41 Å². The van der Waals surface area contributed by atoms with E-state index >= 15 is 0 Å². The van der Waals surface area contributed by atoms with Crippen LogP contribution in [0.3, 0.4) is 0 Å². The van der Waals surface area contributed by atoms with E-state index in [9.17, 15) is 4.79 Å². The predicted molar refractivity (Wildman–Crippen MR) is 75.6 cm³/mol. The van der Waals surface area contributed by atoms with Gasteiger partial charge in [-0.15, -0.1) is 0 Å². The molecule has 1 amide bonds. The van der Waals surface area contributed by atoms with E-state index in [4.69, 9.17) is 5.73 Å². The summed E-state index contributed by atoms with van der Waals surface area (Å²) < 4.78 is 0. The number of carbonyl (C=O) groups excluding carboxylic acids is 1. The van der Waals surface area contributed by atoms with Gasteiger partial charge in [-0.2, -0.15) is 0 Å². The van der Waals surface area contributed by atoms with E-state index in [2.05, 4.69) is 15.3 Å². The molecule has 0 aromatic carbocycles. The van der Waals surface area contributed by atoms with Crippen LogP contribution >= 0.6 is 0 Å². The molecule has 1 rings (SSSR count). The van der Waals surface area contributed by atoms with E-state index in [1.54, 1.807) is 6.20 Å². The van der Waals surface area contributed by atoms with E-state index in [0.29, 0.717) is 12.5 Å². The predicted octanol–water partition coefficient (Wildman–Crippen LogP) is 0.532. The Hall–Kier alpha value is -1.69. The maximum absolute atomic E-state index is 11.5. The van der Waals surface area contributed by atoms with Gasteiger partial charge in [0.2, 0.25) is 11.9 Å². The van der Waals surface area contributed by atoms with Gasteiger partial charge in [0, 0.05) is 26.8 Å². The first kappa shape index (κ1) is 15.4. The van der Waals surface area contributed by atoms with Crippen LogP contribution < -0.4 is 16.0 Å². The standard InChI is InChI=1S/C13H23N5O/c1-13(2,3)10(11(14)19)16-8-9-6-7-15-12(17-9)18(4)5/h6-7,10,16H,8H2,1-5H3,(H2,14,19). The molecule has 0 spiro atoms. The third kappa shape index (κ3) is 4.48. The Balaban J connectivity index is 2.75. The van der Waals surface area contributed by atoms with Crippen LogP contribution in [0.15, 0.2) is 12.3 Å². The zero-order chi connectivity index (χ0) is 14.6. The fourth-order valence-electron chi connectivity index (χ4n) is 1.74. The molecule has 1 unspecified atom stereocenters. The monoisotopic (exact) mass is 265 g/mol. The van der Waals surface area contributed by atoms with Gasteiger partial charge in [0.1, 0.15) is 0 Å². The molecule has 0 fully saturated rings. The number of aromatic nitrogens is 2. The maximum Gasteiger partial charge on any atom is 0.235 e. The average Bonchev–Trinajstić information content (AvgIpc) is 2.27. The van der Waals surface area contributed by atoms with Crippen molar-refractivity contribution in [3.63, 3.8) is 0 Å². The zero-order valence-electron chi connectivity index (χ0n) is 12.3. The van der Waals surface area contributed by atoms with Crippen molar-refractivity contribution < 1.29 is 4.79 Å². The van der Waals surface area contributed by atoms with Crippen molar-refractivity contribution in [3.05, 3.63) is 18.0 Å². The number of hydrogen-bond acceptors (Lipinski definition) is 5. The largest absolute Gasteiger partial charge is 0.368 e. The number of nitrogens with zero attached hydrogens (tertiary/aromatic N) is 3. The second-order valence-corrected chi connectivity index (χ2v) is 5.82. The van der Waals surface area contributed by atoms with Crippen LogP contribution in [0.5, 0.6) is 0 Å². The first-order chi connectivity index (χ1) is 8.71. The lowest BCUT2D eigenvalue weighted by Crippen LogP contribution is -2.49. The minimum absolute atomic E-state index is 0.233. The highest BCUT2D eigenvalue weighted by Crippen LogP contribution is 2.19.